The Hall–Kier alpha value is -1.87. The largest absolute Gasteiger partial charge is 0.395 e. The Morgan fingerprint density at radius 1 is 1.17 bits per heavy atom. The van der Waals surface area contributed by atoms with Crippen LogP contribution in [0.4, 0.5) is 5.69 Å². The van der Waals surface area contributed by atoms with E-state index in [1.54, 1.807) is 6.08 Å². The highest BCUT2D eigenvalue weighted by atomic mass is 16.3. The molecule has 0 radical (unpaired) electrons. The van der Waals surface area contributed by atoms with Gasteiger partial charge in [0.1, 0.15) is 0 Å². The number of hydrogen-bond acceptors (Lipinski definition) is 3. The fourth-order valence-electron chi connectivity index (χ4n) is 3.09. The molecule has 0 saturated heterocycles. The molecule has 1 aliphatic rings. The smallest absolute Gasteiger partial charge is 0.156 e. The molecule has 0 amide bonds. The molecule has 23 heavy (non-hydrogen) atoms. The van der Waals surface area contributed by atoms with Crippen LogP contribution in [-0.4, -0.2) is 30.6 Å². The number of aliphatic hydroxyl groups is 1. The van der Waals surface area contributed by atoms with Gasteiger partial charge in [-0.05, 0) is 48.1 Å². The molecule has 0 aromatic heterocycles. The molecule has 1 aromatic carbocycles. The van der Waals surface area contributed by atoms with Crippen LogP contribution < -0.4 is 4.90 Å². The van der Waals surface area contributed by atoms with Crippen molar-refractivity contribution < 1.29 is 9.90 Å². The van der Waals surface area contributed by atoms with E-state index in [1.807, 2.05) is 0 Å². The molecule has 0 spiro atoms. The molecule has 0 unspecified atom stereocenters. The first-order chi connectivity index (χ1) is 10.9. The second-order valence-electron chi connectivity index (χ2n) is 6.93. The van der Waals surface area contributed by atoms with Crippen molar-refractivity contribution in [3.63, 3.8) is 0 Å². The first kappa shape index (κ1) is 17.5. The maximum absolute atomic E-state index is 11.8. The summed E-state index contributed by atoms with van der Waals surface area (Å²) in [5, 5.41) is 9.09. The predicted octanol–water partition coefficient (Wildman–Crippen LogP) is 3.83. The minimum atomic E-state index is 0.0568. The molecule has 3 nitrogen and oxygen atoms in total. The van der Waals surface area contributed by atoms with Crippen LogP contribution in [0, 0.1) is 5.41 Å². The van der Waals surface area contributed by atoms with Crippen molar-refractivity contribution in [2.75, 3.05) is 24.6 Å². The molecule has 0 saturated carbocycles. The van der Waals surface area contributed by atoms with Crippen LogP contribution in [0.5, 0.6) is 0 Å². The number of carbonyl (C=O) groups excluding carboxylic acids is 1. The number of likely N-dealkylation sites (N-methyl/N-ethyl adjacent to an activating group) is 1. The Kier molecular flexibility index (Phi) is 5.78. The van der Waals surface area contributed by atoms with E-state index in [9.17, 15) is 4.79 Å². The van der Waals surface area contributed by atoms with Gasteiger partial charge in [0.05, 0.1) is 6.61 Å². The molecule has 1 aromatic rings. The minimum Gasteiger partial charge on any atom is -0.395 e. The lowest BCUT2D eigenvalue weighted by Crippen LogP contribution is -2.25. The van der Waals surface area contributed by atoms with Crippen LogP contribution in [0.1, 0.15) is 39.2 Å². The van der Waals surface area contributed by atoms with E-state index in [1.165, 1.54) is 0 Å². The Morgan fingerprint density at radius 2 is 1.87 bits per heavy atom. The molecule has 1 aliphatic carbocycles. The van der Waals surface area contributed by atoms with Crippen LogP contribution >= 0.6 is 0 Å². The Labute approximate surface area is 139 Å². The van der Waals surface area contributed by atoms with Crippen LogP contribution in [-0.2, 0) is 4.79 Å². The summed E-state index contributed by atoms with van der Waals surface area (Å²) >= 11 is 0. The Morgan fingerprint density at radius 3 is 2.43 bits per heavy atom. The summed E-state index contributed by atoms with van der Waals surface area (Å²) in [4.78, 5) is 13.9. The van der Waals surface area contributed by atoms with Gasteiger partial charge in [0.25, 0.3) is 0 Å². The van der Waals surface area contributed by atoms with Crippen molar-refractivity contribution in [2.45, 2.75) is 33.6 Å². The number of rotatable bonds is 6. The summed E-state index contributed by atoms with van der Waals surface area (Å²) in [6.07, 6.45) is 7.46. The lowest BCUT2D eigenvalue weighted by atomic mass is 9.77. The number of anilines is 1. The van der Waals surface area contributed by atoms with E-state index in [-0.39, 0.29) is 17.8 Å². The van der Waals surface area contributed by atoms with E-state index in [0.717, 1.165) is 29.8 Å². The van der Waals surface area contributed by atoms with E-state index < -0.39 is 0 Å². The lowest BCUT2D eigenvalue weighted by Gasteiger charge is -2.27. The highest BCUT2D eigenvalue weighted by Gasteiger charge is 2.26. The number of nitrogens with zero attached hydrogens (tertiary/aromatic N) is 1. The van der Waals surface area contributed by atoms with Crippen molar-refractivity contribution in [1.82, 2.24) is 0 Å². The third kappa shape index (κ3) is 5.07. The van der Waals surface area contributed by atoms with Crippen LogP contribution in [0.2, 0.25) is 0 Å². The molecular formula is C20H27NO2. The second-order valence-corrected chi connectivity index (χ2v) is 6.93. The van der Waals surface area contributed by atoms with Gasteiger partial charge in [0.15, 0.2) is 5.78 Å². The van der Waals surface area contributed by atoms with Crippen molar-refractivity contribution in [1.29, 1.82) is 0 Å². The maximum atomic E-state index is 11.8. The number of ketones is 1. The molecule has 1 N–H and O–H groups in total. The molecule has 0 aliphatic heterocycles. The monoisotopic (exact) mass is 313 g/mol. The fourth-order valence-corrected chi connectivity index (χ4v) is 3.09. The topological polar surface area (TPSA) is 40.5 Å². The number of allylic oxidation sites excluding steroid dienone is 3. The zero-order valence-corrected chi connectivity index (χ0v) is 14.4. The average Bonchev–Trinajstić information content (AvgIpc) is 2.49. The highest BCUT2D eigenvalue weighted by Crippen LogP contribution is 2.34. The third-order valence-electron chi connectivity index (χ3n) is 4.18. The van der Waals surface area contributed by atoms with Gasteiger partial charge in [-0.25, -0.2) is 0 Å². The normalized spacial score (nSPS) is 17.4. The summed E-state index contributed by atoms with van der Waals surface area (Å²) < 4.78 is 0. The van der Waals surface area contributed by atoms with Crippen LogP contribution in [0.3, 0.4) is 0 Å². The molecule has 3 heteroatoms. The van der Waals surface area contributed by atoms with Crippen molar-refractivity contribution in [2.24, 2.45) is 5.41 Å². The van der Waals surface area contributed by atoms with Crippen molar-refractivity contribution >= 4 is 17.5 Å². The molecule has 2 rings (SSSR count). The van der Waals surface area contributed by atoms with Gasteiger partial charge in [-0.1, -0.05) is 38.1 Å². The first-order valence-electron chi connectivity index (χ1n) is 8.31. The first-order valence-corrected chi connectivity index (χ1v) is 8.31. The van der Waals surface area contributed by atoms with E-state index in [4.69, 9.17) is 5.11 Å². The molecule has 0 atom stereocenters. The van der Waals surface area contributed by atoms with Gasteiger partial charge in [0, 0.05) is 25.2 Å². The van der Waals surface area contributed by atoms with Gasteiger partial charge < -0.3 is 10.0 Å². The molecule has 0 fully saturated rings. The predicted molar refractivity (Wildman–Crippen MR) is 96.6 cm³/mol. The van der Waals surface area contributed by atoms with Gasteiger partial charge in [-0.3, -0.25) is 4.79 Å². The fraction of sp³-hybridized carbons (Fsp3) is 0.450. The summed E-state index contributed by atoms with van der Waals surface area (Å²) in [7, 11) is 0. The SMILES string of the molecule is CCN(CCO)c1ccc(/C=C/C2=CC(=O)CC(C)(C)C2)cc1. The number of benzene rings is 1. The van der Waals surface area contributed by atoms with Gasteiger partial charge in [0.2, 0.25) is 0 Å². The second kappa shape index (κ2) is 7.60. The number of aliphatic hydroxyl groups excluding tert-OH is 1. The van der Waals surface area contributed by atoms with E-state index >= 15 is 0 Å². The summed E-state index contributed by atoms with van der Waals surface area (Å²) in [6.45, 7) is 8.04. The van der Waals surface area contributed by atoms with Crippen molar-refractivity contribution in [3.05, 3.63) is 47.6 Å². The molecule has 0 bridgehead atoms. The highest BCUT2D eigenvalue weighted by molar-refractivity contribution is 5.92. The lowest BCUT2D eigenvalue weighted by molar-refractivity contribution is -0.116. The standard InChI is InChI=1S/C20H27NO2/c1-4-21(11-12-22)18-9-7-16(8-10-18)5-6-17-13-19(23)15-20(2,3)14-17/h5-10,13,22H,4,11-12,14-15H2,1-3H3/b6-5+. The number of carbonyl (C=O) groups is 1. The summed E-state index contributed by atoms with van der Waals surface area (Å²) in [5.74, 6) is 0.221. The Bertz CT molecular complexity index is 597. The maximum Gasteiger partial charge on any atom is 0.156 e. The number of hydrogen-bond donors (Lipinski definition) is 1. The van der Waals surface area contributed by atoms with Crippen LogP contribution in [0.15, 0.2) is 42.0 Å². The van der Waals surface area contributed by atoms with E-state index in [0.29, 0.717) is 13.0 Å². The quantitative estimate of drug-likeness (QED) is 0.867. The summed E-state index contributed by atoms with van der Waals surface area (Å²) in [5.41, 5.74) is 3.39. The van der Waals surface area contributed by atoms with Gasteiger partial charge in [-0.2, -0.15) is 0 Å². The van der Waals surface area contributed by atoms with Gasteiger partial charge in [-0.15, -0.1) is 0 Å². The zero-order chi connectivity index (χ0) is 16.9. The third-order valence-corrected chi connectivity index (χ3v) is 4.18. The van der Waals surface area contributed by atoms with E-state index in [2.05, 4.69) is 62.1 Å². The van der Waals surface area contributed by atoms with Crippen LogP contribution in [0.25, 0.3) is 6.08 Å². The van der Waals surface area contributed by atoms with Crippen molar-refractivity contribution in [3.8, 4) is 0 Å². The molecule has 0 heterocycles. The van der Waals surface area contributed by atoms with Gasteiger partial charge >= 0.3 is 0 Å². The summed E-state index contributed by atoms with van der Waals surface area (Å²) in [6, 6.07) is 8.29. The zero-order valence-electron chi connectivity index (χ0n) is 14.4. The molecule has 124 valence electrons. The molecular weight excluding hydrogens is 286 g/mol. The Balaban J connectivity index is 2.07. The minimum absolute atomic E-state index is 0.0568. The average molecular weight is 313 g/mol.